The summed E-state index contributed by atoms with van der Waals surface area (Å²) < 4.78 is 6.09. The lowest BCUT2D eigenvalue weighted by molar-refractivity contribution is -0.113. The summed E-state index contributed by atoms with van der Waals surface area (Å²) in [4.78, 5) is 22.4. The third-order valence-corrected chi connectivity index (χ3v) is 7.27. The summed E-state index contributed by atoms with van der Waals surface area (Å²) in [5.41, 5.74) is 4.56. The number of nitrogens with zero attached hydrogens (tertiary/aromatic N) is 3. The molecule has 0 bridgehead atoms. The third kappa shape index (κ3) is 6.02. The van der Waals surface area contributed by atoms with Crippen LogP contribution in [-0.2, 0) is 17.9 Å². The number of aryl methyl sites for hydroxylation is 1. The Labute approximate surface area is 211 Å². The highest BCUT2D eigenvalue weighted by Crippen LogP contribution is 2.33. The second kappa shape index (κ2) is 10.9. The van der Waals surface area contributed by atoms with E-state index in [2.05, 4.69) is 70.2 Å². The Kier molecular flexibility index (Phi) is 7.31. The van der Waals surface area contributed by atoms with Gasteiger partial charge in [0, 0.05) is 38.3 Å². The van der Waals surface area contributed by atoms with Gasteiger partial charge in [0.2, 0.25) is 0 Å². The van der Waals surface area contributed by atoms with Crippen LogP contribution in [0, 0.1) is 6.92 Å². The van der Waals surface area contributed by atoms with Crippen molar-refractivity contribution in [3.05, 3.63) is 106 Å². The van der Waals surface area contributed by atoms with Gasteiger partial charge in [-0.2, -0.15) is 4.99 Å². The third-order valence-electron chi connectivity index (χ3n) is 6.22. The Balaban J connectivity index is 1.20. The molecule has 2 aliphatic rings. The van der Waals surface area contributed by atoms with Crippen molar-refractivity contribution in [3.63, 3.8) is 0 Å². The Morgan fingerprint density at radius 3 is 2.37 bits per heavy atom. The van der Waals surface area contributed by atoms with E-state index >= 15 is 0 Å². The predicted molar refractivity (Wildman–Crippen MR) is 143 cm³/mol. The van der Waals surface area contributed by atoms with Gasteiger partial charge in [-0.3, -0.25) is 9.69 Å². The number of carbonyl (C=O) groups is 1. The summed E-state index contributed by atoms with van der Waals surface area (Å²) >= 11 is 1.46. The summed E-state index contributed by atoms with van der Waals surface area (Å²) in [5, 5.41) is 0.804. The van der Waals surface area contributed by atoms with Crippen LogP contribution < -0.4 is 4.74 Å². The molecule has 0 spiro atoms. The molecule has 0 radical (unpaired) electrons. The molecule has 2 aliphatic heterocycles. The minimum atomic E-state index is -0.176. The molecule has 5 rings (SSSR count). The van der Waals surface area contributed by atoms with Gasteiger partial charge in [0.1, 0.15) is 12.4 Å². The quantitative estimate of drug-likeness (QED) is 0.442. The summed E-state index contributed by atoms with van der Waals surface area (Å²) in [6.07, 6.45) is 1.90. The highest BCUT2D eigenvalue weighted by atomic mass is 32.2. The average molecular weight is 484 g/mol. The Morgan fingerprint density at radius 1 is 0.886 bits per heavy atom. The molecule has 0 saturated carbocycles. The van der Waals surface area contributed by atoms with Crippen molar-refractivity contribution in [2.45, 2.75) is 20.1 Å². The lowest BCUT2D eigenvalue weighted by Gasteiger charge is -2.35. The van der Waals surface area contributed by atoms with E-state index in [-0.39, 0.29) is 5.91 Å². The van der Waals surface area contributed by atoms with Crippen LogP contribution in [0.2, 0.25) is 0 Å². The van der Waals surface area contributed by atoms with Crippen LogP contribution in [0.4, 0.5) is 0 Å². The average Bonchev–Trinajstić information content (AvgIpc) is 3.25. The van der Waals surface area contributed by atoms with Gasteiger partial charge in [0.25, 0.3) is 5.91 Å². The normalized spacial score (nSPS) is 17.6. The summed E-state index contributed by atoms with van der Waals surface area (Å²) in [5.74, 6) is 0.585. The second-order valence-electron chi connectivity index (χ2n) is 8.87. The number of thioether (sulfide) groups is 1. The van der Waals surface area contributed by atoms with Gasteiger partial charge in [-0.1, -0.05) is 78.4 Å². The van der Waals surface area contributed by atoms with Crippen molar-refractivity contribution < 1.29 is 9.53 Å². The van der Waals surface area contributed by atoms with Crippen molar-refractivity contribution >= 4 is 28.9 Å². The summed E-state index contributed by atoms with van der Waals surface area (Å²) in [6, 6.07) is 26.7. The fourth-order valence-corrected chi connectivity index (χ4v) is 5.15. The monoisotopic (exact) mass is 483 g/mol. The maximum Gasteiger partial charge on any atom is 0.286 e. The van der Waals surface area contributed by atoms with Crippen molar-refractivity contribution in [1.82, 2.24) is 9.80 Å². The van der Waals surface area contributed by atoms with Crippen molar-refractivity contribution in [1.29, 1.82) is 0 Å². The number of hydrogen-bond donors (Lipinski definition) is 0. The molecule has 6 heteroatoms. The minimum Gasteiger partial charge on any atom is -0.488 e. The largest absolute Gasteiger partial charge is 0.488 e. The van der Waals surface area contributed by atoms with E-state index < -0.39 is 0 Å². The molecule has 35 heavy (non-hydrogen) atoms. The maximum atomic E-state index is 12.7. The number of amidine groups is 1. The molecular weight excluding hydrogens is 454 g/mol. The van der Waals surface area contributed by atoms with E-state index in [1.165, 1.54) is 22.9 Å². The van der Waals surface area contributed by atoms with Crippen LogP contribution >= 0.6 is 11.8 Å². The number of hydrogen-bond acceptors (Lipinski definition) is 5. The molecule has 0 aliphatic carbocycles. The first-order chi connectivity index (χ1) is 17.1. The van der Waals surface area contributed by atoms with Gasteiger partial charge in [0.05, 0.1) is 4.91 Å². The van der Waals surface area contributed by atoms with E-state index in [1.807, 2.05) is 36.4 Å². The number of para-hydroxylation sites is 1. The molecule has 5 nitrogen and oxygen atoms in total. The van der Waals surface area contributed by atoms with E-state index in [0.29, 0.717) is 11.5 Å². The van der Waals surface area contributed by atoms with Crippen LogP contribution in [0.5, 0.6) is 5.75 Å². The zero-order valence-corrected chi connectivity index (χ0v) is 20.7. The van der Waals surface area contributed by atoms with Crippen LogP contribution in [0.15, 0.2) is 88.8 Å². The number of ether oxygens (including phenoxy) is 1. The van der Waals surface area contributed by atoms with Gasteiger partial charge in [0.15, 0.2) is 5.17 Å². The van der Waals surface area contributed by atoms with E-state index in [9.17, 15) is 4.79 Å². The second-order valence-corrected chi connectivity index (χ2v) is 9.88. The molecule has 1 saturated heterocycles. The van der Waals surface area contributed by atoms with Crippen LogP contribution in [0.25, 0.3) is 6.08 Å². The van der Waals surface area contributed by atoms with Crippen molar-refractivity contribution in [3.8, 4) is 5.75 Å². The minimum absolute atomic E-state index is 0.176. The molecule has 0 N–H and O–H groups in total. The van der Waals surface area contributed by atoms with Crippen molar-refractivity contribution in [2.75, 3.05) is 26.2 Å². The molecule has 1 fully saturated rings. The summed E-state index contributed by atoms with van der Waals surface area (Å²) in [6.45, 7) is 7.16. The van der Waals surface area contributed by atoms with Crippen LogP contribution in [-0.4, -0.2) is 47.1 Å². The number of benzene rings is 3. The number of rotatable bonds is 6. The molecule has 178 valence electrons. The molecule has 0 atom stereocenters. The molecular formula is C29H29N3O2S. The Morgan fingerprint density at radius 2 is 1.60 bits per heavy atom. The Hall–Kier alpha value is -3.35. The Bertz CT molecular complexity index is 1230. The number of aliphatic imine (C=N–C) groups is 1. The first-order valence-corrected chi connectivity index (χ1v) is 12.8. The van der Waals surface area contributed by atoms with Gasteiger partial charge >= 0.3 is 0 Å². The maximum absolute atomic E-state index is 12.7. The SMILES string of the molecule is Cc1ccc(COc2ccccc2/C=C2\SC(N3CCN(Cc4ccccc4)CC3)=NC2=O)cc1. The molecule has 2 heterocycles. The van der Waals surface area contributed by atoms with E-state index in [0.717, 1.165) is 54.8 Å². The van der Waals surface area contributed by atoms with E-state index in [1.54, 1.807) is 0 Å². The zero-order chi connectivity index (χ0) is 24.0. The number of carbonyl (C=O) groups excluding carboxylic acids is 1. The fraction of sp³-hybridized carbons (Fsp3) is 0.241. The lowest BCUT2D eigenvalue weighted by Crippen LogP contribution is -2.47. The summed E-state index contributed by atoms with van der Waals surface area (Å²) in [7, 11) is 0. The van der Waals surface area contributed by atoms with E-state index in [4.69, 9.17) is 4.74 Å². The smallest absolute Gasteiger partial charge is 0.286 e. The topological polar surface area (TPSA) is 45.1 Å². The molecule has 0 aromatic heterocycles. The molecule has 1 amide bonds. The van der Waals surface area contributed by atoms with Gasteiger partial charge in [-0.15, -0.1) is 0 Å². The predicted octanol–water partition coefficient (Wildman–Crippen LogP) is 5.36. The highest BCUT2D eigenvalue weighted by molar-refractivity contribution is 8.18. The highest BCUT2D eigenvalue weighted by Gasteiger charge is 2.28. The van der Waals surface area contributed by atoms with Gasteiger partial charge in [-0.25, -0.2) is 0 Å². The van der Waals surface area contributed by atoms with Crippen LogP contribution in [0.3, 0.4) is 0 Å². The fourth-order valence-electron chi connectivity index (χ4n) is 4.19. The first-order valence-electron chi connectivity index (χ1n) is 12.0. The zero-order valence-electron chi connectivity index (χ0n) is 19.9. The first kappa shape index (κ1) is 23.4. The molecule has 0 unspecified atom stereocenters. The number of amides is 1. The van der Waals surface area contributed by atoms with Crippen LogP contribution in [0.1, 0.15) is 22.3 Å². The van der Waals surface area contributed by atoms with Gasteiger partial charge < -0.3 is 9.64 Å². The molecule has 3 aromatic carbocycles. The lowest BCUT2D eigenvalue weighted by atomic mass is 10.1. The standard InChI is InChI=1S/C29H29N3O2S/c1-22-11-13-24(14-12-22)21-34-26-10-6-5-9-25(26)19-27-28(33)30-29(35-27)32-17-15-31(16-18-32)20-23-7-3-2-4-8-23/h2-14,19H,15-18,20-21H2,1H3/b27-19-. The molecule has 3 aromatic rings. The number of piperazine rings is 1. The van der Waals surface area contributed by atoms with Crippen molar-refractivity contribution in [2.24, 2.45) is 4.99 Å². The van der Waals surface area contributed by atoms with Gasteiger partial charge in [-0.05, 0) is 42.0 Å².